The van der Waals surface area contributed by atoms with Gasteiger partial charge in [0, 0.05) is 23.0 Å². The van der Waals surface area contributed by atoms with E-state index in [-0.39, 0.29) is 17.4 Å². The summed E-state index contributed by atoms with van der Waals surface area (Å²) in [5.74, 6) is -1.16. The van der Waals surface area contributed by atoms with E-state index in [0.717, 1.165) is 10.0 Å². The van der Waals surface area contributed by atoms with E-state index < -0.39 is 11.9 Å². The van der Waals surface area contributed by atoms with Crippen molar-refractivity contribution in [3.63, 3.8) is 0 Å². The highest BCUT2D eigenvalue weighted by molar-refractivity contribution is 9.10. The van der Waals surface area contributed by atoms with Gasteiger partial charge in [-0.2, -0.15) is 0 Å². The van der Waals surface area contributed by atoms with Crippen LogP contribution >= 0.6 is 15.9 Å². The Morgan fingerprint density at radius 2 is 1.96 bits per heavy atom. The summed E-state index contributed by atoms with van der Waals surface area (Å²) in [6, 6.07) is 9.04. The molecule has 1 unspecified atom stereocenters. The summed E-state index contributed by atoms with van der Waals surface area (Å²) in [6.07, 6.45) is 1.09. The molecule has 0 aliphatic carbocycles. The van der Waals surface area contributed by atoms with Gasteiger partial charge in [0.15, 0.2) is 5.76 Å². The topological polar surface area (TPSA) is 79.5 Å². The number of hydrogen-bond donors (Lipinski definition) is 2. The van der Waals surface area contributed by atoms with E-state index in [1.54, 1.807) is 6.92 Å². The molecule has 122 valence electrons. The zero-order valence-corrected chi connectivity index (χ0v) is 14.5. The Kier molecular flexibility index (Phi) is 5.60. The molecule has 1 heterocycles. The van der Waals surface area contributed by atoms with Crippen LogP contribution in [-0.2, 0) is 12.8 Å². The Labute approximate surface area is 142 Å². The fourth-order valence-electron chi connectivity index (χ4n) is 2.30. The van der Waals surface area contributed by atoms with Crippen LogP contribution in [0.1, 0.15) is 46.1 Å². The standard InChI is InChI=1S/C17H18BrNO4/c1-3-14-13(17(21)22)9-15(23-14)16(20)19-10(2)8-11-4-6-12(18)7-5-11/h4-7,9-10H,3,8H2,1-2H3,(H,19,20)(H,21,22). The van der Waals surface area contributed by atoms with Gasteiger partial charge in [0.05, 0.1) is 0 Å². The van der Waals surface area contributed by atoms with Gasteiger partial charge in [-0.15, -0.1) is 0 Å². The molecule has 1 amide bonds. The first-order valence-electron chi connectivity index (χ1n) is 7.32. The molecule has 0 aliphatic heterocycles. The average molecular weight is 380 g/mol. The van der Waals surface area contributed by atoms with Gasteiger partial charge in [0.25, 0.3) is 5.91 Å². The third kappa shape index (κ3) is 4.45. The molecule has 2 aromatic rings. The number of benzene rings is 1. The lowest BCUT2D eigenvalue weighted by molar-refractivity contribution is 0.0694. The molecule has 5 nitrogen and oxygen atoms in total. The van der Waals surface area contributed by atoms with Crippen molar-refractivity contribution < 1.29 is 19.1 Å². The van der Waals surface area contributed by atoms with E-state index in [2.05, 4.69) is 21.2 Å². The van der Waals surface area contributed by atoms with Gasteiger partial charge in [-0.1, -0.05) is 35.0 Å². The van der Waals surface area contributed by atoms with Crippen molar-refractivity contribution in [2.24, 2.45) is 0 Å². The highest BCUT2D eigenvalue weighted by Gasteiger charge is 2.21. The number of nitrogens with one attached hydrogen (secondary N) is 1. The predicted octanol–water partition coefficient (Wildman–Crippen LogP) is 3.66. The van der Waals surface area contributed by atoms with Crippen molar-refractivity contribution in [1.29, 1.82) is 0 Å². The lowest BCUT2D eigenvalue weighted by Crippen LogP contribution is -2.33. The third-order valence-electron chi connectivity index (χ3n) is 3.42. The summed E-state index contributed by atoms with van der Waals surface area (Å²) in [5.41, 5.74) is 1.14. The Balaban J connectivity index is 2.03. The van der Waals surface area contributed by atoms with Gasteiger partial charge in [0.1, 0.15) is 11.3 Å². The summed E-state index contributed by atoms with van der Waals surface area (Å²) >= 11 is 3.38. The molecule has 0 aliphatic rings. The number of carboxylic acids is 1. The third-order valence-corrected chi connectivity index (χ3v) is 3.95. The molecule has 1 aromatic heterocycles. The Hall–Kier alpha value is -2.08. The lowest BCUT2D eigenvalue weighted by atomic mass is 10.1. The van der Waals surface area contributed by atoms with Crippen LogP contribution in [0.4, 0.5) is 0 Å². The van der Waals surface area contributed by atoms with Crippen molar-refractivity contribution in [2.45, 2.75) is 32.7 Å². The van der Waals surface area contributed by atoms with E-state index in [1.165, 1.54) is 6.07 Å². The van der Waals surface area contributed by atoms with E-state index in [0.29, 0.717) is 18.6 Å². The molecule has 0 radical (unpaired) electrons. The summed E-state index contributed by atoms with van der Waals surface area (Å²) in [6.45, 7) is 3.67. The predicted molar refractivity (Wildman–Crippen MR) is 89.8 cm³/mol. The molecule has 23 heavy (non-hydrogen) atoms. The largest absolute Gasteiger partial charge is 0.478 e. The quantitative estimate of drug-likeness (QED) is 0.802. The van der Waals surface area contributed by atoms with Gasteiger partial charge < -0.3 is 14.8 Å². The lowest BCUT2D eigenvalue weighted by Gasteiger charge is -2.13. The van der Waals surface area contributed by atoms with E-state index in [4.69, 9.17) is 9.52 Å². The van der Waals surface area contributed by atoms with Gasteiger partial charge in [-0.3, -0.25) is 4.79 Å². The molecular formula is C17H18BrNO4. The fourth-order valence-corrected chi connectivity index (χ4v) is 2.57. The van der Waals surface area contributed by atoms with E-state index >= 15 is 0 Å². The maximum atomic E-state index is 12.2. The van der Waals surface area contributed by atoms with Crippen molar-refractivity contribution in [3.8, 4) is 0 Å². The Morgan fingerprint density at radius 3 is 2.48 bits per heavy atom. The van der Waals surface area contributed by atoms with Crippen LogP contribution in [-0.4, -0.2) is 23.0 Å². The normalized spacial score (nSPS) is 12.0. The van der Waals surface area contributed by atoms with Gasteiger partial charge in [-0.05, 0) is 31.0 Å². The maximum Gasteiger partial charge on any atom is 0.339 e. The number of aromatic carboxylic acids is 1. The number of halogens is 1. The van der Waals surface area contributed by atoms with Crippen LogP contribution in [0.2, 0.25) is 0 Å². The minimum Gasteiger partial charge on any atom is -0.478 e. The SMILES string of the molecule is CCc1oc(C(=O)NC(C)Cc2ccc(Br)cc2)cc1C(=O)O. The fraction of sp³-hybridized carbons (Fsp3) is 0.294. The van der Waals surface area contributed by atoms with E-state index in [1.807, 2.05) is 31.2 Å². The number of aryl methyl sites for hydroxylation is 1. The number of rotatable bonds is 6. The van der Waals surface area contributed by atoms with Crippen LogP contribution in [0, 0.1) is 0 Å². The summed E-state index contributed by atoms with van der Waals surface area (Å²) < 4.78 is 6.36. The number of amides is 1. The van der Waals surface area contributed by atoms with Crippen molar-refractivity contribution in [1.82, 2.24) is 5.32 Å². The monoisotopic (exact) mass is 379 g/mol. The summed E-state index contributed by atoms with van der Waals surface area (Å²) in [5, 5.41) is 11.9. The minimum atomic E-state index is -1.09. The molecule has 0 saturated heterocycles. The second kappa shape index (κ2) is 7.46. The Bertz CT molecular complexity index is 706. The first-order valence-corrected chi connectivity index (χ1v) is 8.11. The van der Waals surface area contributed by atoms with E-state index in [9.17, 15) is 9.59 Å². The highest BCUT2D eigenvalue weighted by atomic mass is 79.9. The second-order valence-corrected chi connectivity index (χ2v) is 6.23. The zero-order chi connectivity index (χ0) is 17.0. The molecule has 1 atom stereocenters. The molecule has 0 bridgehead atoms. The average Bonchev–Trinajstić information content (AvgIpc) is 2.94. The van der Waals surface area contributed by atoms with Crippen molar-refractivity contribution in [3.05, 3.63) is 57.5 Å². The molecule has 6 heteroatoms. The first-order chi connectivity index (χ1) is 10.9. The molecule has 0 spiro atoms. The molecule has 2 rings (SSSR count). The van der Waals surface area contributed by atoms with Crippen LogP contribution < -0.4 is 5.32 Å². The number of hydrogen-bond acceptors (Lipinski definition) is 3. The molecule has 1 aromatic carbocycles. The first kappa shape index (κ1) is 17.3. The van der Waals surface area contributed by atoms with Gasteiger partial charge >= 0.3 is 5.97 Å². The smallest absolute Gasteiger partial charge is 0.339 e. The number of carboxylic acid groups (broad SMARTS) is 1. The number of carbonyl (C=O) groups excluding carboxylic acids is 1. The Morgan fingerprint density at radius 1 is 1.30 bits per heavy atom. The van der Waals surface area contributed by atoms with Crippen molar-refractivity contribution in [2.75, 3.05) is 0 Å². The second-order valence-electron chi connectivity index (χ2n) is 5.31. The minimum absolute atomic E-state index is 0.0295. The van der Waals surface area contributed by atoms with Crippen molar-refractivity contribution >= 4 is 27.8 Å². The van der Waals surface area contributed by atoms with Crippen LogP contribution in [0.25, 0.3) is 0 Å². The van der Waals surface area contributed by atoms with Crippen LogP contribution in [0.3, 0.4) is 0 Å². The summed E-state index contributed by atoms with van der Waals surface area (Å²) in [7, 11) is 0. The molecule has 2 N–H and O–H groups in total. The van der Waals surface area contributed by atoms with Gasteiger partial charge in [0.2, 0.25) is 0 Å². The number of furan rings is 1. The zero-order valence-electron chi connectivity index (χ0n) is 12.9. The molecule has 0 fully saturated rings. The highest BCUT2D eigenvalue weighted by Crippen LogP contribution is 2.17. The summed E-state index contributed by atoms with van der Waals surface area (Å²) in [4.78, 5) is 23.3. The maximum absolute atomic E-state index is 12.2. The molecular weight excluding hydrogens is 362 g/mol. The van der Waals surface area contributed by atoms with Crippen LogP contribution in [0.15, 0.2) is 39.2 Å². The van der Waals surface area contributed by atoms with Gasteiger partial charge in [-0.25, -0.2) is 4.79 Å². The number of carbonyl (C=O) groups is 2. The van der Waals surface area contributed by atoms with Crippen LogP contribution in [0.5, 0.6) is 0 Å². The molecule has 0 saturated carbocycles.